The monoisotopic (exact) mass is 625 g/mol. The Labute approximate surface area is 249 Å². The number of thiophene rings is 1. The van der Waals surface area contributed by atoms with Gasteiger partial charge in [-0.1, -0.05) is 42.3 Å². The Morgan fingerprint density at radius 1 is 1.20 bits per heavy atom. The minimum atomic E-state index is -3.76. The van der Waals surface area contributed by atoms with Crippen LogP contribution in [0.3, 0.4) is 0 Å². The van der Waals surface area contributed by atoms with Gasteiger partial charge in [0, 0.05) is 36.8 Å². The molecule has 0 unspecified atom stereocenters. The second kappa shape index (κ2) is 13.1. The van der Waals surface area contributed by atoms with Crippen molar-refractivity contribution in [1.29, 1.82) is 0 Å². The van der Waals surface area contributed by atoms with Crippen molar-refractivity contribution >= 4 is 56.2 Å². The van der Waals surface area contributed by atoms with E-state index < -0.39 is 10.0 Å². The van der Waals surface area contributed by atoms with Crippen LogP contribution in [0, 0.1) is 5.92 Å². The standard InChI is InChI=1S/C28H33Cl2N3O5S2/c1-18-14-33(19(2)17-34)27(35)13-21-12-22(31-40(36,37)28-5-4-10-39-28)7-9-25(21)38-26(18)16-32(3)15-20-6-8-23(29)24(30)11-20/h4-12,18-19,26,31,34H,13-17H2,1-3H3/t18-,19-,26+/m1/s1. The summed E-state index contributed by atoms with van der Waals surface area (Å²) in [6, 6.07) is 13.4. The molecule has 1 aliphatic rings. The number of hydrogen-bond donors (Lipinski definition) is 2. The maximum Gasteiger partial charge on any atom is 0.271 e. The van der Waals surface area contributed by atoms with Crippen LogP contribution in [0.25, 0.3) is 0 Å². The van der Waals surface area contributed by atoms with E-state index in [1.54, 1.807) is 47.5 Å². The van der Waals surface area contributed by atoms with Crippen LogP contribution in [0.2, 0.25) is 10.0 Å². The van der Waals surface area contributed by atoms with Crippen molar-refractivity contribution in [3.63, 3.8) is 0 Å². The molecule has 2 N–H and O–H groups in total. The summed E-state index contributed by atoms with van der Waals surface area (Å²) in [5, 5.41) is 12.6. The smallest absolute Gasteiger partial charge is 0.271 e. The Balaban J connectivity index is 1.62. The second-order valence-corrected chi connectivity index (χ2v) is 13.9. The zero-order valence-corrected chi connectivity index (χ0v) is 25.7. The van der Waals surface area contributed by atoms with Gasteiger partial charge in [0.2, 0.25) is 5.91 Å². The average molecular weight is 627 g/mol. The van der Waals surface area contributed by atoms with Crippen molar-refractivity contribution in [3.05, 3.63) is 75.1 Å². The lowest BCUT2D eigenvalue weighted by Gasteiger charge is -2.34. The van der Waals surface area contributed by atoms with Crippen LogP contribution in [0.1, 0.15) is 25.0 Å². The molecule has 0 radical (unpaired) electrons. The van der Waals surface area contributed by atoms with Gasteiger partial charge >= 0.3 is 0 Å². The summed E-state index contributed by atoms with van der Waals surface area (Å²) in [4.78, 5) is 17.2. The van der Waals surface area contributed by atoms with Crippen LogP contribution >= 0.6 is 34.5 Å². The fraction of sp³-hybridized carbons (Fsp3) is 0.393. The number of benzene rings is 2. The fourth-order valence-electron chi connectivity index (χ4n) is 4.65. The quantitative estimate of drug-likeness (QED) is 0.342. The summed E-state index contributed by atoms with van der Waals surface area (Å²) >= 11 is 13.4. The third-order valence-corrected chi connectivity index (χ3v) is 10.4. The van der Waals surface area contributed by atoms with Gasteiger partial charge in [-0.05, 0) is 61.3 Å². The summed E-state index contributed by atoms with van der Waals surface area (Å²) in [5.41, 5.74) is 1.91. The van der Waals surface area contributed by atoms with Crippen molar-refractivity contribution in [2.24, 2.45) is 5.92 Å². The van der Waals surface area contributed by atoms with Crippen LogP contribution in [0.15, 0.2) is 58.1 Å². The Morgan fingerprint density at radius 3 is 2.65 bits per heavy atom. The maximum atomic E-state index is 13.4. The molecule has 1 aromatic heterocycles. The molecule has 0 aliphatic carbocycles. The average Bonchev–Trinajstić information content (AvgIpc) is 3.46. The van der Waals surface area contributed by atoms with Gasteiger partial charge in [0.15, 0.2) is 0 Å². The molecule has 12 heteroatoms. The Hall–Kier alpha value is -2.34. The molecule has 0 bridgehead atoms. The van der Waals surface area contributed by atoms with E-state index in [4.69, 9.17) is 27.9 Å². The minimum Gasteiger partial charge on any atom is -0.488 e. The van der Waals surface area contributed by atoms with E-state index in [1.165, 1.54) is 6.07 Å². The molecule has 2 heterocycles. The molecule has 0 spiro atoms. The molecule has 0 saturated carbocycles. The van der Waals surface area contributed by atoms with Gasteiger partial charge in [-0.3, -0.25) is 14.4 Å². The molecule has 3 aromatic rings. The number of ether oxygens (including phenoxy) is 1. The highest BCUT2D eigenvalue weighted by Gasteiger charge is 2.31. The summed E-state index contributed by atoms with van der Waals surface area (Å²) in [6.07, 6.45) is -0.299. The van der Waals surface area contributed by atoms with Crippen molar-refractivity contribution in [2.45, 2.75) is 43.2 Å². The molecule has 40 heavy (non-hydrogen) atoms. The summed E-state index contributed by atoms with van der Waals surface area (Å²) in [6.45, 7) is 5.21. The number of rotatable bonds is 9. The van der Waals surface area contributed by atoms with Crippen LogP contribution in [-0.4, -0.2) is 68.1 Å². The highest BCUT2D eigenvalue weighted by atomic mass is 35.5. The van der Waals surface area contributed by atoms with E-state index in [-0.39, 0.29) is 41.2 Å². The molecule has 3 atom stereocenters. The molecular weight excluding hydrogens is 593 g/mol. The third kappa shape index (κ3) is 7.48. The Morgan fingerprint density at radius 2 is 1.98 bits per heavy atom. The number of sulfonamides is 1. The van der Waals surface area contributed by atoms with Gasteiger partial charge < -0.3 is 14.7 Å². The molecule has 4 rings (SSSR count). The molecule has 0 fully saturated rings. The topological polar surface area (TPSA) is 99.2 Å². The predicted molar refractivity (Wildman–Crippen MR) is 160 cm³/mol. The number of aliphatic hydroxyl groups excluding tert-OH is 1. The van der Waals surface area contributed by atoms with Gasteiger partial charge in [-0.15, -0.1) is 11.3 Å². The van der Waals surface area contributed by atoms with Crippen LogP contribution in [-0.2, 0) is 27.8 Å². The molecule has 1 amide bonds. The van der Waals surface area contributed by atoms with Gasteiger partial charge in [0.1, 0.15) is 16.1 Å². The molecule has 1 aliphatic heterocycles. The van der Waals surface area contributed by atoms with Crippen LogP contribution in [0.5, 0.6) is 5.75 Å². The zero-order chi connectivity index (χ0) is 29.0. The van der Waals surface area contributed by atoms with Crippen molar-refractivity contribution < 1.29 is 23.1 Å². The summed E-state index contributed by atoms with van der Waals surface area (Å²) in [5.74, 6) is 0.282. The lowest BCUT2D eigenvalue weighted by molar-refractivity contribution is -0.134. The van der Waals surface area contributed by atoms with Crippen molar-refractivity contribution in [3.8, 4) is 5.75 Å². The van der Waals surface area contributed by atoms with Crippen molar-refractivity contribution in [2.75, 3.05) is 31.5 Å². The largest absolute Gasteiger partial charge is 0.488 e. The first-order valence-electron chi connectivity index (χ1n) is 12.9. The Kier molecular flexibility index (Phi) is 10.0. The number of nitrogens with one attached hydrogen (secondary N) is 1. The van der Waals surface area contributed by atoms with E-state index in [0.29, 0.717) is 46.7 Å². The Bertz CT molecular complexity index is 1440. The van der Waals surface area contributed by atoms with E-state index in [0.717, 1.165) is 16.9 Å². The first-order chi connectivity index (χ1) is 19.0. The number of likely N-dealkylation sites (N-methyl/N-ethyl adjacent to an activating group) is 1. The fourth-order valence-corrected chi connectivity index (χ4v) is 7.02. The summed E-state index contributed by atoms with van der Waals surface area (Å²) < 4.78 is 35.0. The number of nitrogens with zero attached hydrogens (tertiary/aromatic N) is 2. The summed E-state index contributed by atoms with van der Waals surface area (Å²) in [7, 11) is -1.78. The molecule has 2 aromatic carbocycles. The minimum absolute atomic E-state index is 0.00674. The first kappa shape index (κ1) is 30.6. The predicted octanol–water partition coefficient (Wildman–Crippen LogP) is 5.14. The second-order valence-electron chi connectivity index (χ2n) is 10.2. The highest BCUT2D eigenvalue weighted by Crippen LogP contribution is 2.31. The molecule has 216 valence electrons. The van der Waals surface area contributed by atoms with Crippen LogP contribution in [0.4, 0.5) is 5.69 Å². The lowest BCUT2D eigenvalue weighted by Crippen LogP contribution is -2.47. The highest BCUT2D eigenvalue weighted by molar-refractivity contribution is 7.94. The molecule has 0 saturated heterocycles. The lowest BCUT2D eigenvalue weighted by atomic mass is 10.0. The van der Waals surface area contributed by atoms with Crippen LogP contribution < -0.4 is 9.46 Å². The number of hydrogen-bond acceptors (Lipinski definition) is 7. The number of aliphatic hydroxyl groups is 1. The third-order valence-electron chi connectivity index (χ3n) is 6.86. The number of amides is 1. The van der Waals surface area contributed by atoms with Gasteiger partial charge in [0.05, 0.1) is 29.1 Å². The number of halogens is 2. The first-order valence-corrected chi connectivity index (χ1v) is 16.0. The molecule has 8 nitrogen and oxygen atoms in total. The van der Waals surface area contributed by atoms with E-state index >= 15 is 0 Å². The number of carbonyl (C=O) groups excluding carboxylic acids is 1. The van der Waals surface area contributed by atoms with Gasteiger partial charge in [-0.25, -0.2) is 8.42 Å². The van der Waals surface area contributed by atoms with E-state index in [2.05, 4.69) is 9.62 Å². The van der Waals surface area contributed by atoms with E-state index in [9.17, 15) is 18.3 Å². The molecular formula is C28H33Cl2N3O5S2. The van der Waals surface area contributed by atoms with Crippen molar-refractivity contribution in [1.82, 2.24) is 9.80 Å². The number of anilines is 1. The van der Waals surface area contributed by atoms with E-state index in [1.807, 2.05) is 26.1 Å². The normalized spacial score (nSPS) is 18.9. The van der Waals surface area contributed by atoms with Gasteiger partial charge in [0.25, 0.3) is 10.0 Å². The number of fused-ring (bicyclic) bond motifs is 1. The zero-order valence-electron chi connectivity index (χ0n) is 22.5. The SMILES string of the molecule is C[C@@H]1CN([C@H](C)CO)C(=O)Cc2cc(NS(=O)(=O)c3cccs3)ccc2O[C@H]1CN(C)Cc1ccc(Cl)c(Cl)c1. The van der Waals surface area contributed by atoms with Gasteiger partial charge in [-0.2, -0.15) is 0 Å². The maximum absolute atomic E-state index is 13.4. The number of carbonyl (C=O) groups is 1.